The fourth-order valence-electron chi connectivity index (χ4n) is 6.67. The highest BCUT2D eigenvalue weighted by Crippen LogP contribution is 2.48. The second-order valence-corrected chi connectivity index (χ2v) is 16.8. The SMILES string of the molecule is CCCCCCCCCCCCc1cc(C)sc1-c1sc(-c2sc(C)cc2CCCCCCCCCCCC)c2nccnc12. The van der Waals surface area contributed by atoms with E-state index in [1.165, 1.54) is 182 Å². The van der Waals surface area contributed by atoms with Crippen LogP contribution in [0.15, 0.2) is 24.5 Å². The summed E-state index contributed by atoms with van der Waals surface area (Å²) in [6, 6.07) is 4.89. The number of rotatable bonds is 24. The molecule has 248 valence electrons. The minimum Gasteiger partial charge on any atom is -0.251 e. The second kappa shape index (κ2) is 20.6. The molecule has 0 spiro atoms. The number of hydrogen-bond donors (Lipinski definition) is 0. The van der Waals surface area contributed by atoms with E-state index in [9.17, 15) is 0 Å². The molecule has 0 N–H and O–H groups in total. The molecular formula is C40H60N2S3. The molecule has 45 heavy (non-hydrogen) atoms. The van der Waals surface area contributed by atoms with Crippen LogP contribution in [0, 0.1) is 13.8 Å². The maximum atomic E-state index is 4.93. The minimum atomic E-state index is 1.10. The van der Waals surface area contributed by atoms with Crippen LogP contribution in [0.3, 0.4) is 0 Å². The quantitative estimate of drug-likeness (QED) is 0.0697. The van der Waals surface area contributed by atoms with Crippen LogP contribution >= 0.6 is 34.0 Å². The van der Waals surface area contributed by atoms with E-state index in [4.69, 9.17) is 9.97 Å². The van der Waals surface area contributed by atoms with Gasteiger partial charge >= 0.3 is 0 Å². The van der Waals surface area contributed by atoms with E-state index in [1.54, 1.807) is 0 Å². The first-order valence-electron chi connectivity index (χ1n) is 18.5. The van der Waals surface area contributed by atoms with Crippen LogP contribution in [-0.4, -0.2) is 9.97 Å². The molecule has 2 nitrogen and oxygen atoms in total. The lowest BCUT2D eigenvalue weighted by Crippen LogP contribution is -1.88. The molecule has 0 unspecified atom stereocenters. The van der Waals surface area contributed by atoms with Crippen LogP contribution < -0.4 is 0 Å². The average molecular weight is 665 g/mol. The van der Waals surface area contributed by atoms with Crippen LogP contribution in [0.5, 0.6) is 0 Å². The van der Waals surface area contributed by atoms with Crippen molar-refractivity contribution in [1.29, 1.82) is 0 Å². The smallest absolute Gasteiger partial charge is 0.109 e. The van der Waals surface area contributed by atoms with Gasteiger partial charge in [0, 0.05) is 31.9 Å². The minimum absolute atomic E-state index is 1.10. The normalized spacial score (nSPS) is 11.7. The van der Waals surface area contributed by atoms with Gasteiger partial charge in [0.2, 0.25) is 0 Å². The number of unbranched alkanes of at least 4 members (excludes halogenated alkanes) is 18. The predicted octanol–water partition coefficient (Wildman–Crippen LogP) is 14.7. The van der Waals surface area contributed by atoms with E-state index in [1.807, 2.05) is 46.4 Å². The van der Waals surface area contributed by atoms with Crippen LogP contribution in [0.25, 0.3) is 30.5 Å². The Morgan fingerprint density at radius 3 is 1.11 bits per heavy atom. The first-order chi connectivity index (χ1) is 22.1. The van der Waals surface area contributed by atoms with Gasteiger partial charge in [-0.2, -0.15) is 0 Å². The Kier molecular flexibility index (Phi) is 16.6. The zero-order chi connectivity index (χ0) is 31.7. The Balaban J connectivity index is 1.37. The molecule has 0 aliphatic rings. The topological polar surface area (TPSA) is 25.8 Å². The molecule has 0 amide bonds. The van der Waals surface area contributed by atoms with Gasteiger partial charge in [0.15, 0.2) is 0 Å². The summed E-state index contributed by atoms with van der Waals surface area (Å²) in [5.41, 5.74) is 5.23. The summed E-state index contributed by atoms with van der Waals surface area (Å²) in [6.07, 6.45) is 33.8. The second-order valence-electron chi connectivity index (χ2n) is 13.3. The third-order valence-corrected chi connectivity index (χ3v) is 12.9. The van der Waals surface area contributed by atoms with E-state index >= 15 is 0 Å². The number of aromatic nitrogens is 2. The van der Waals surface area contributed by atoms with Crippen molar-refractivity contribution in [1.82, 2.24) is 9.97 Å². The van der Waals surface area contributed by atoms with Crippen molar-refractivity contribution < 1.29 is 0 Å². The molecule has 5 heteroatoms. The molecule has 4 aromatic heterocycles. The average Bonchev–Trinajstić information content (AvgIpc) is 3.72. The van der Waals surface area contributed by atoms with E-state index in [2.05, 4.69) is 39.8 Å². The Labute approximate surface area is 287 Å². The maximum Gasteiger partial charge on any atom is 0.109 e. The highest BCUT2D eigenvalue weighted by Gasteiger charge is 2.23. The van der Waals surface area contributed by atoms with Gasteiger partial charge in [-0.25, -0.2) is 0 Å². The summed E-state index contributed by atoms with van der Waals surface area (Å²) in [5, 5.41) is 0. The van der Waals surface area contributed by atoms with Gasteiger partial charge in [-0.15, -0.1) is 34.0 Å². The standard InChI is InChI=1S/C40H60N2S3/c1-5-7-9-11-13-15-17-19-21-23-25-33-29-31(3)43-37(33)39-35-36(42-28-27-41-35)40(45-39)38-34(30-32(4)44-38)26-24-22-20-18-16-14-12-10-8-6-2/h27-30H,5-26H2,1-4H3. The third-order valence-electron chi connectivity index (χ3n) is 9.21. The lowest BCUT2D eigenvalue weighted by atomic mass is 10.0. The number of aryl methyl sites for hydroxylation is 4. The summed E-state index contributed by atoms with van der Waals surface area (Å²) >= 11 is 5.86. The summed E-state index contributed by atoms with van der Waals surface area (Å²) in [6.45, 7) is 9.14. The molecule has 0 aromatic carbocycles. The van der Waals surface area contributed by atoms with Crippen molar-refractivity contribution in [2.24, 2.45) is 0 Å². The molecule has 0 atom stereocenters. The Morgan fingerprint density at radius 1 is 0.422 bits per heavy atom. The largest absolute Gasteiger partial charge is 0.251 e. The highest BCUT2D eigenvalue weighted by atomic mass is 32.1. The van der Waals surface area contributed by atoms with E-state index < -0.39 is 0 Å². The first-order valence-corrected chi connectivity index (χ1v) is 21.0. The van der Waals surface area contributed by atoms with E-state index in [-0.39, 0.29) is 0 Å². The molecule has 4 aromatic rings. The van der Waals surface area contributed by atoms with Gasteiger partial charge in [0.25, 0.3) is 0 Å². The van der Waals surface area contributed by atoms with Crippen molar-refractivity contribution >= 4 is 45.0 Å². The molecule has 0 saturated heterocycles. The fraction of sp³-hybridized carbons (Fsp3) is 0.650. The molecule has 4 rings (SSSR count). The molecule has 0 saturated carbocycles. The first kappa shape index (κ1) is 36.3. The third kappa shape index (κ3) is 11.6. The van der Waals surface area contributed by atoms with Crippen molar-refractivity contribution in [3.8, 4) is 19.5 Å². The van der Waals surface area contributed by atoms with Gasteiger partial charge in [-0.1, -0.05) is 129 Å². The highest BCUT2D eigenvalue weighted by molar-refractivity contribution is 7.28. The maximum absolute atomic E-state index is 4.93. The van der Waals surface area contributed by atoms with Crippen LogP contribution in [-0.2, 0) is 12.8 Å². The Morgan fingerprint density at radius 2 is 0.756 bits per heavy atom. The fourth-order valence-corrected chi connectivity index (χ4v) is 10.3. The summed E-state index contributed by atoms with van der Waals surface area (Å²) < 4.78 is 0. The number of hydrogen-bond acceptors (Lipinski definition) is 5. The predicted molar refractivity (Wildman–Crippen MR) is 205 cm³/mol. The summed E-state index contributed by atoms with van der Waals surface area (Å²) in [7, 11) is 0. The van der Waals surface area contributed by atoms with Gasteiger partial charge in [0.05, 0.1) is 9.75 Å². The zero-order valence-electron chi connectivity index (χ0n) is 29.0. The van der Waals surface area contributed by atoms with E-state index in [0.29, 0.717) is 0 Å². The molecule has 0 aliphatic carbocycles. The van der Waals surface area contributed by atoms with Gasteiger partial charge in [-0.05, 0) is 62.8 Å². The molecule has 0 bridgehead atoms. The zero-order valence-corrected chi connectivity index (χ0v) is 31.4. The number of nitrogens with zero attached hydrogens (tertiary/aromatic N) is 2. The summed E-state index contributed by atoms with van der Waals surface area (Å²) in [5.74, 6) is 0. The van der Waals surface area contributed by atoms with Gasteiger partial charge < -0.3 is 0 Å². The van der Waals surface area contributed by atoms with Gasteiger partial charge in [-0.3, -0.25) is 9.97 Å². The Hall–Kier alpha value is -1.56. The number of thiophene rings is 3. The Bertz CT molecular complexity index is 1280. The molecule has 0 radical (unpaired) electrons. The molecular weight excluding hydrogens is 605 g/mol. The van der Waals surface area contributed by atoms with Crippen molar-refractivity contribution in [2.75, 3.05) is 0 Å². The van der Waals surface area contributed by atoms with Crippen LogP contribution in [0.2, 0.25) is 0 Å². The lowest BCUT2D eigenvalue weighted by molar-refractivity contribution is 0.556. The molecule has 0 aliphatic heterocycles. The van der Waals surface area contributed by atoms with Crippen molar-refractivity contribution in [3.63, 3.8) is 0 Å². The number of fused-ring (bicyclic) bond motifs is 1. The van der Waals surface area contributed by atoms with Crippen LogP contribution in [0.4, 0.5) is 0 Å². The molecule has 4 heterocycles. The van der Waals surface area contributed by atoms with Crippen LogP contribution in [0.1, 0.15) is 163 Å². The van der Waals surface area contributed by atoms with Crippen molar-refractivity contribution in [2.45, 2.75) is 169 Å². The monoisotopic (exact) mass is 664 g/mol. The lowest BCUT2D eigenvalue weighted by Gasteiger charge is -2.04. The molecule has 0 fully saturated rings. The summed E-state index contributed by atoms with van der Waals surface area (Å²) in [4.78, 5) is 18.2. The van der Waals surface area contributed by atoms with E-state index in [0.717, 1.165) is 11.0 Å². The van der Waals surface area contributed by atoms with Gasteiger partial charge in [0.1, 0.15) is 11.0 Å². The van der Waals surface area contributed by atoms with Crippen molar-refractivity contribution in [3.05, 3.63) is 45.4 Å².